The van der Waals surface area contributed by atoms with E-state index in [1.807, 2.05) is 25.1 Å². The quantitative estimate of drug-likeness (QED) is 0.820. The van der Waals surface area contributed by atoms with Gasteiger partial charge in [0.2, 0.25) is 5.69 Å². The van der Waals surface area contributed by atoms with Crippen LogP contribution in [0.5, 0.6) is 5.88 Å². The third kappa shape index (κ3) is 3.61. The van der Waals surface area contributed by atoms with Gasteiger partial charge in [0.05, 0.1) is 30.5 Å². The zero-order valence-corrected chi connectivity index (χ0v) is 17.2. The molecule has 2 N–H and O–H groups in total. The number of hydrogen-bond acceptors (Lipinski definition) is 5. The number of pyridine rings is 1. The molecule has 0 unspecified atom stereocenters. The van der Waals surface area contributed by atoms with Gasteiger partial charge in [0.15, 0.2) is 5.56 Å². The van der Waals surface area contributed by atoms with Crippen LogP contribution in [-0.4, -0.2) is 29.9 Å². The molecular weight excluding hydrogens is 380 g/mol. The first kappa shape index (κ1) is 19.9. The monoisotopic (exact) mass is 405 g/mol. The second-order valence-corrected chi connectivity index (χ2v) is 7.94. The Morgan fingerprint density at radius 2 is 2.07 bits per heavy atom. The first-order valence-electron chi connectivity index (χ1n) is 10.2. The Morgan fingerprint density at radius 3 is 2.70 bits per heavy atom. The van der Waals surface area contributed by atoms with Gasteiger partial charge in [-0.25, -0.2) is 4.79 Å². The van der Waals surface area contributed by atoms with Crippen LogP contribution in [0.25, 0.3) is 0 Å². The molecule has 2 aromatic rings. The first-order valence-corrected chi connectivity index (χ1v) is 10.2. The Kier molecular flexibility index (Phi) is 5.40. The fraction of sp³-hybridized carbons (Fsp3) is 0.391. The number of aromatic carboxylic acids is 1. The van der Waals surface area contributed by atoms with Gasteiger partial charge in [-0.05, 0) is 55.5 Å². The lowest BCUT2D eigenvalue weighted by Gasteiger charge is -2.28. The summed E-state index contributed by atoms with van der Waals surface area (Å²) < 4.78 is 5.25. The summed E-state index contributed by atoms with van der Waals surface area (Å²) in [5.74, 6) is -0.267. The Bertz CT molecular complexity index is 1050. The second kappa shape index (κ2) is 8.15. The summed E-state index contributed by atoms with van der Waals surface area (Å²) in [6, 6.07) is 11.6. The second-order valence-electron chi connectivity index (χ2n) is 7.94. The van der Waals surface area contributed by atoms with Gasteiger partial charge in [-0.15, -0.1) is 0 Å². The number of carbonyl (C=O) groups is 1. The molecule has 2 heterocycles. The molecule has 2 aliphatic rings. The number of hydrogen-bond donors (Lipinski definition) is 1. The Morgan fingerprint density at radius 1 is 1.30 bits per heavy atom. The largest absolute Gasteiger partial charge is 0.477 e. The van der Waals surface area contributed by atoms with Crippen LogP contribution >= 0.6 is 0 Å². The van der Waals surface area contributed by atoms with Gasteiger partial charge >= 0.3 is 11.8 Å². The van der Waals surface area contributed by atoms with Crippen LogP contribution in [-0.2, 0) is 0 Å². The molecule has 7 heteroatoms. The van der Waals surface area contributed by atoms with E-state index in [2.05, 4.69) is 16.1 Å². The highest BCUT2D eigenvalue weighted by Crippen LogP contribution is 2.38. The van der Waals surface area contributed by atoms with E-state index in [0.29, 0.717) is 11.5 Å². The molecule has 1 fully saturated rings. The SMILES string of the molecule is COc1[nH+]c(C2=NN(c3ccc(C#N)c(C)c3)[C@@H](C3CCCC3)C2)ccc1C(=O)O. The topological polar surface area (TPSA) is 100 Å². The molecule has 30 heavy (non-hydrogen) atoms. The standard InChI is InChI=1S/C23H24N4O3/c1-14-11-17(8-7-16(14)13-24)27-21(15-5-3-4-6-15)12-20(26-27)19-10-9-18(23(28)29)22(25-19)30-2/h7-11,15,21H,3-6,12H2,1-2H3,(H,28,29)/p+1/t21-/m1/s1. The molecule has 0 bridgehead atoms. The molecule has 0 amide bonds. The van der Waals surface area contributed by atoms with E-state index in [9.17, 15) is 15.2 Å². The summed E-state index contributed by atoms with van der Waals surface area (Å²) in [4.78, 5) is 14.5. The van der Waals surface area contributed by atoms with Gasteiger partial charge in [0, 0.05) is 12.5 Å². The van der Waals surface area contributed by atoms with Crippen LogP contribution in [0.15, 0.2) is 35.4 Å². The predicted molar refractivity (Wildman–Crippen MR) is 112 cm³/mol. The number of anilines is 1. The van der Waals surface area contributed by atoms with Gasteiger partial charge < -0.3 is 9.84 Å². The number of hydrazone groups is 1. The minimum atomic E-state index is -1.04. The smallest absolute Gasteiger partial charge is 0.381 e. The number of aromatic amines is 1. The maximum atomic E-state index is 11.4. The number of nitrogens with one attached hydrogen (secondary N) is 1. The minimum absolute atomic E-state index is 0.0896. The number of ether oxygens (including phenoxy) is 1. The first-order chi connectivity index (χ1) is 14.5. The fourth-order valence-electron chi connectivity index (χ4n) is 4.54. The Labute approximate surface area is 175 Å². The van der Waals surface area contributed by atoms with Gasteiger partial charge in [0.1, 0.15) is 5.71 Å². The minimum Gasteiger partial charge on any atom is -0.477 e. The predicted octanol–water partition coefficient (Wildman–Crippen LogP) is 3.56. The number of nitriles is 1. The van der Waals surface area contributed by atoms with Crippen molar-refractivity contribution in [3.05, 3.63) is 52.7 Å². The average molecular weight is 405 g/mol. The maximum Gasteiger partial charge on any atom is 0.381 e. The number of aryl methyl sites for hydroxylation is 1. The molecule has 7 nitrogen and oxygen atoms in total. The van der Waals surface area contributed by atoms with Crippen molar-refractivity contribution in [1.82, 2.24) is 0 Å². The van der Waals surface area contributed by atoms with Crippen molar-refractivity contribution in [2.45, 2.75) is 45.1 Å². The summed E-state index contributed by atoms with van der Waals surface area (Å²) in [5.41, 5.74) is 4.31. The number of benzene rings is 1. The van der Waals surface area contributed by atoms with Crippen LogP contribution < -0.4 is 14.7 Å². The van der Waals surface area contributed by atoms with Crippen LogP contribution in [0.3, 0.4) is 0 Å². The van der Waals surface area contributed by atoms with Crippen molar-refractivity contribution in [3.63, 3.8) is 0 Å². The zero-order chi connectivity index (χ0) is 21.3. The van der Waals surface area contributed by atoms with Gasteiger partial charge in [0.25, 0.3) is 0 Å². The lowest BCUT2D eigenvalue weighted by molar-refractivity contribution is -0.395. The third-order valence-corrected chi connectivity index (χ3v) is 6.14. The van der Waals surface area contributed by atoms with E-state index in [1.165, 1.54) is 32.8 Å². The average Bonchev–Trinajstić information content (AvgIpc) is 3.43. The number of nitrogens with zero attached hydrogens (tertiary/aromatic N) is 3. The number of aromatic nitrogens is 1. The van der Waals surface area contributed by atoms with Crippen LogP contribution in [0, 0.1) is 24.2 Å². The molecule has 0 saturated heterocycles. The highest BCUT2D eigenvalue weighted by Gasteiger charge is 2.38. The van der Waals surface area contributed by atoms with E-state index < -0.39 is 5.97 Å². The molecule has 4 rings (SSSR count). The molecule has 1 aliphatic carbocycles. The van der Waals surface area contributed by atoms with Crippen molar-refractivity contribution in [2.24, 2.45) is 11.0 Å². The molecular formula is C23H25N4O3+. The number of methoxy groups -OCH3 is 1. The normalized spacial score (nSPS) is 18.9. The van der Waals surface area contributed by atoms with Crippen molar-refractivity contribution < 1.29 is 19.6 Å². The van der Waals surface area contributed by atoms with E-state index in [4.69, 9.17) is 9.84 Å². The highest BCUT2D eigenvalue weighted by atomic mass is 16.5. The van der Waals surface area contributed by atoms with Crippen molar-refractivity contribution in [1.29, 1.82) is 5.26 Å². The summed E-state index contributed by atoms with van der Waals surface area (Å²) in [6.07, 6.45) is 5.62. The van der Waals surface area contributed by atoms with Gasteiger partial charge in [-0.1, -0.05) is 12.8 Å². The molecule has 1 aliphatic heterocycles. The van der Waals surface area contributed by atoms with Gasteiger partial charge in [-0.2, -0.15) is 15.3 Å². The maximum absolute atomic E-state index is 11.4. The molecule has 154 valence electrons. The summed E-state index contributed by atoms with van der Waals surface area (Å²) in [7, 11) is 1.45. The van der Waals surface area contributed by atoms with Crippen molar-refractivity contribution in [2.75, 3.05) is 12.1 Å². The summed E-state index contributed by atoms with van der Waals surface area (Å²) >= 11 is 0. The Balaban J connectivity index is 1.72. The van der Waals surface area contributed by atoms with E-state index in [-0.39, 0.29) is 17.5 Å². The zero-order valence-electron chi connectivity index (χ0n) is 17.2. The molecule has 0 spiro atoms. The highest BCUT2D eigenvalue weighted by molar-refractivity contribution is 6.01. The lowest BCUT2D eigenvalue weighted by Crippen LogP contribution is -2.33. The van der Waals surface area contributed by atoms with Crippen molar-refractivity contribution in [3.8, 4) is 11.9 Å². The lowest BCUT2D eigenvalue weighted by atomic mass is 9.92. The van der Waals surface area contributed by atoms with Crippen LogP contribution in [0.2, 0.25) is 0 Å². The summed E-state index contributed by atoms with van der Waals surface area (Å²) in [5, 5.41) is 25.6. The van der Waals surface area contributed by atoms with Gasteiger partial charge in [-0.3, -0.25) is 5.01 Å². The van der Waals surface area contributed by atoms with Crippen LogP contribution in [0.1, 0.15) is 59.3 Å². The molecule has 0 radical (unpaired) electrons. The molecule has 1 aromatic carbocycles. The van der Waals surface area contributed by atoms with Crippen molar-refractivity contribution >= 4 is 17.4 Å². The number of carboxylic acids is 1. The number of H-pyrrole nitrogens is 1. The fourth-order valence-corrected chi connectivity index (χ4v) is 4.54. The van der Waals surface area contributed by atoms with E-state index in [1.54, 1.807) is 12.1 Å². The number of rotatable bonds is 5. The molecule has 1 aromatic heterocycles. The van der Waals surface area contributed by atoms with E-state index in [0.717, 1.165) is 29.1 Å². The molecule has 1 atom stereocenters. The molecule has 1 saturated carbocycles. The Hall–Kier alpha value is -3.40. The van der Waals surface area contributed by atoms with E-state index >= 15 is 0 Å². The third-order valence-electron chi connectivity index (χ3n) is 6.14. The summed E-state index contributed by atoms with van der Waals surface area (Å²) in [6.45, 7) is 1.94. The van der Waals surface area contributed by atoms with Crippen LogP contribution in [0.4, 0.5) is 5.69 Å². The number of carboxylic acid groups (broad SMARTS) is 1.